The SMILES string of the molecule is CCCN1CCN(C(=O)c2c(OC)cc(=O)n3c2CCCCC3)CC1. The van der Waals surface area contributed by atoms with Crippen molar-refractivity contribution in [2.75, 3.05) is 39.8 Å². The molecule has 0 aliphatic carbocycles. The summed E-state index contributed by atoms with van der Waals surface area (Å²) in [5.41, 5.74) is 1.41. The molecule has 1 aromatic heterocycles. The average molecular weight is 347 g/mol. The fraction of sp³-hybridized carbons (Fsp3) is 0.684. The molecule has 2 aliphatic rings. The summed E-state index contributed by atoms with van der Waals surface area (Å²) in [4.78, 5) is 30.0. The molecule has 0 N–H and O–H groups in total. The van der Waals surface area contributed by atoms with Crippen LogP contribution in [0.1, 0.15) is 48.7 Å². The average Bonchev–Trinajstić information content (AvgIpc) is 2.88. The van der Waals surface area contributed by atoms with Gasteiger partial charge in [-0.05, 0) is 32.2 Å². The molecule has 6 nitrogen and oxygen atoms in total. The van der Waals surface area contributed by atoms with Crippen LogP contribution in [-0.4, -0.2) is 60.1 Å². The number of fused-ring (bicyclic) bond motifs is 1. The second-order valence-corrected chi connectivity index (χ2v) is 6.97. The molecular formula is C19H29N3O3. The number of aromatic nitrogens is 1. The van der Waals surface area contributed by atoms with Crippen LogP contribution in [0.2, 0.25) is 0 Å². The van der Waals surface area contributed by atoms with Crippen LogP contribution < -0.4 is 10.3 Å². The van der Waals surface area contributed by atoms with E-state index in [0.717, 1.165) is 70.5 Å². The monoisotopic (exact) mass is 347 g/mol. The van der Waals surface area contributed by atoms with E-state index >= 15 is 0 Å². The van der Waals surface area contributed by atoms with Gasteiger partial charge in [-0.2, -0.15) is 0 Å². The molecule has 0 aromatic carbocycles. The quantitative estimate of drug-likeness (QED) is 0.833. The minimum Gasteiger partial charge on any atom is -0.496 e. The first-order chi connectivity index (χ1) is 12.2. The van der Waals surface area contributed by atoms with Crippen LogP contribution in [0.4, 0.5) is 0 Å². The van der Waals surface area contributed by atoms with Gasteiger partial charge in [0.2, 0.25) is 0 Å². The molecule has 0 atom stereocenters. The van der Waals surface area contributed by atoms with Gasteiger partial charge < -0.3 is 14.2 Å². The normalized spacial score (nSPS) is 18.6. The number of carbonyl (C=O) groups excluding carboxylic acids is 1. The van der Waals surface area contributed by atoms with Crippen LogP contribution in [0.15, 0.2) is 10.9 Å². The maximum Gasteiger partial charge on any atom is 0.259 e. The van der Waals surface area contributed by atoms with Gasteiger partial charge in [0, 0.05) is 44.5 Å². The molecule has 6 heteroatoms. The predicted molar refractivity (Wildman–Crippen MR) is 97.4 cm³/mol. The van der Waals surface area contributed by atoms with Crippen molar-refractivity contribution in [3.05, 3.63) is 27.7 Å². The van der Waals surface area contributed by atoms with E-state index in [-0.39, 0.29) is 11.5 Å². The van der Waals surface area contributed by atoms with Gasteiger partial charge in [0.25, 0.3) is 11.5 Å². The molecule has 3 rings (SSSR count). The number of nitrogens with zero attached hydrogens (tertiary/aromatic N) is 3. The van der Waals surface area contributed by atoms with Gasteiger partial charge in [0.05, 0.1) is 7.11 Å². The number of hydrogen-bond donors (Lipinski definition) is 0. The van der Waals surface area contributed by atoms with Crippen LogP contribution in [0.5, 0.6) is 5.75 Å². The fourth-order valence-corrected chi connectivity index (χ4v) is 3.96. The topological polar surface area (TPSA) is 54.8 Å². The molecule has 1 fully saturated rings. The lowest BCUT2D eigenvalue weighted by Gasteiger charge is -2.35. The van der Waals surface area contributed by atoms with Crippen molar-refractivity contribution in [3.8, 4) is 5.75 Å². The first-order valence-corrected chi connectivity index (χ1v) is 9.48. The summed E-state index contributed by atoms with van der Waals surface area (Å²) in [5, 5.41) is 0. The van der Waals surface area contributed by atoms with Gasteiger partial charge in [0.1, 0.15) is 11.3 Å². The number of pyridine rings is 1. The highest BCUT2D eigenvalue weighted by Crippen LogP contribution is 2.26. The number of methoxy groups -OCH3 is 1. The van der Waals surface area contributed by atoms with E-state index in [9.17, 15) is 9.59 Å². The fourth-order valence-electron chi connectivity index (χ4n) is 3.96. The Morgan fingerprint density at radius 2 is 1.88 bits per heavy atom. The van der Waals surface area contributed by atoms with E-state index in [2.05, 4.69) is 11.8 Å². The summed E-state index contributed by atoms with van der Waals surface area (Å²) < 4.78 is 7.22. The van der Waals surface area contributed by atoms with Crippen molar-refractivity contribution in [3.63, 3.8) is 0 Å². The number of ether oxygens (including phenoxy) is 1. The maximum atomic E-state index is 13.3. The molecule has 2 aliphatic heterocycles. The van der Waals surface area contributed by atoms with Crippen LogP contribution >= 0.6 is 0 Å². The van der Waals surface area contributed by atoms with Gasteiger partial charge in [-0.1, -0.05) is 13.3 Å². The molecule has 0 radical (unpaired) electrons. The van der Waals surface area contributed by atoms with Crippen LogP contribution in [-0.2, 0) is 13.0 Å². The zero-order valence-corrected chi connectivity index (χ0v) is 15.4. The van der Waals surface area contributed by atoms with Gasteiger partial charge in [-0.15, -0.1) is 0 Å². The third-order valence-corrected chi connectivity index (χ3v) is 5.31. The number of amides is 1. The summed E-state index contributed by atoms with van der Waals surface area (Å²) >= 11 is 0. The standard InChI is InChI=1S/C19H29N3O3/c1-3-8-20-10-12-21(13-11-20)19(24)18-15-7-5-4-6-9-22(15)17(23)14-16(18)25-2/h14H,3-13H2,1-2H3. The Morgan fingerprint density at radius 3 is 2.56 bits per heavy atom. The Kier molecular flexibility index (Phi) is 5.78. The van der Waals surface area contributed by atoms with E-state index < -0.39 is 0 Å². The van der Waals surface area contributed by atoms with E-state index in [1.54, 1.807) is 11.7 Å². The first kappa shape index (κ1) is 18.0. The summed E-state index contributed by atoms with van der Waals surface area (Å²) in [6, 6.07) is 1.48. The van der Waals surface area contributed by atoms with Gasteiger partial charge in [-0.3, -0.25) is 14.5 Å². The van der Waals surface area contributed by atoms with E-state index in [0.29, 0.717) is 17.9 Å². The first-order valence-electron chi connectivity index (χ1n) is 9.48. The van der Waals surface area contributed by atoms with Crippen LogP contribution in [0, 0.1) is 0 Å². The third kappa shape index (κ3) is 3.73. The Morgan fingerprint density at radius 1 is 1.12 bits per heavy atom. The van der Waals surface area contributed by atoms with Gasteiger partial charge in [0.15, 0.2) is 0 Å². The lowest BCUT2D eigenvalue weighted by molar-refractivity contribution is 0.0632. The minimum atomic E-state index is -0.0573. The summed E-state index contributed by atoms with van der Waals surface area (Å²) in [5.74, 6) is 0.442. The Bertz CT molecular complexity index is 675. The molecule has 1 amide bonds. The molecule has 3 heterocycles. The van der Waals surface area contributed by atoms with Crippen LogP contribution in [0.25, 0.3) is 0 Å². The van der Waals surface area contributed by atoms with E-state index in [4.69, 9.17) is 4.74 Å². The molecule has 0 unspecified atom stereocenters. The second-order valence-electron chi connectivity index (χ2n) is 6.97. The molecule has 0 saturated carbocycles. The van der Waals surface area contributed by atoms with Crippen molar-refractivity contribution in [1.82, 2.24) is 14.4 Å². The lowest BCUT2D eigenvalue weighted by atomic mass is 10.1. The van der Waals surface area contributed by atoms with Gasteiger partial charge >= 0.3 is 0 Å². The highest BCUT2D eigenvalue weighted by Gasteiger charge is 2.29. The van der Waals surface area contributed by atoms with Crippen LogP contribution in [0.3, 0.4) is 0 Å². The molecular weight excluding hydrogens is 318 g/mol. The molecule has 138 valence electrons. The molecule has 1 saturated heterocycles. The van der Waals surface area contributed by atoms with Crippen molar-refractivity contribution in [2.24, 2.45) is 0 Å². The zero-order valence-electron chi connectivity index (χ0n) is 15.4. The zero-order chi connectivity index (χ0) is 17.8. The maximum absolute atomic E-state index is 13.3. The molecule has 0 bridgehead atoms. The number of hydrogen-bond acceptors (Lipinski definition) is 4. The summed E-state index contributed by atoms with van der Waals surface area (Å²) in [6.45, 7) is 7.26. The Balaban J connectivity index is 1.90. The predicted octanol–water partition coefficient (Wildman–Crippen LogP) is 1.75. The summed E-state index contributed by atoms with van der Waals surface area (Å²) in [7, 11) is 1.54. The summed E-state index contributed by atoms with van der Waals surface area (Å²) in [6.07, 6.45) is 4.99. The van der Waals surface area contributed by atoms with Crippen molar-refractivity contribution in [2.45, 2.75) is 45.6 Å². The van der Waals surface area contributed by atoms with Gasteiger partial charge in [-0.25, -0.2) is 0 Å². The van der Waals surface area contributed by atoms with E-state index in [1.807, 2.05) is 4.90 Å². The highest BCUT2D eigenvalue weighted by atomic mass is 16.5. The highest BCUT2D eigenvalue weighted by molar-refractivity contribution is 5.98. The number of carbonyl (C=O) groups is 1. The molecule has 0 spiro atoms. The van der Waals surface area contributed by atoms with Crippen molar-refractivity contribution >= 4 is 5.91 Å². The van der Waals surface area contributed by atoms with E-state index in [1.165, 1.54) is 6.07 Å². The molecule has 1 aromatic rings. The van der Waals surface area contributed by atoms with Crippen molar-refractivity contribution in [1.29, 1.82) is 0 Å². The molecule has 25 heavy (non-hydrogen) atoms. The number of rotatable bonds is 4. The second kappa shape index (κ2) is 8.04. The third-order valence-electron chi connectivity index (χ3n) is 5.31. The Hall–Kier alpha value is -1.82. The largest absolute Gasteiger partial charge is 0.496 e. The minimum absolute atomic E-state index is 0.0126. The number of piperazine rings is 1. The van der Waals surface area contributed by atoms with Crippen molar-refractivity contribution < 1.29 is 9.53 Å². The lowest BCUT2D eigenvalue weighted by Crippen LogP contribution is -2.49. The Labute approximate surface area is 149 Å². The smallest absolute Gasteiger partial charge is 0.259 e.